The molecule has 0 fully saturated rings. The van der Waals surface area contributed by atoms with Crippen molar-refractivity contribution in [2.24, 2.45) is 5.92 Å². The van der Waals surface area contributed by atoms with Gasteiger partial charge in [0.2, 0.25) is 0 Å². The van der Waals surface area contributed by atoms with Crippen molar-refractivity contribution in [1.82, 2.24) is 5.32 Å². The van der Waals surface area contributed by atoms with Gasteiger partial charge in [0.25, 0.3) is 0 Å². The van der Waals surface area contributed by atoms with E-state index in [1.165, 1.54) is 6.26 Å². The van der Waals surface area contributed by atoms with Crippen LogP contribution in [0.4, 0.5) is 0 Å². The lowest BCUT2D eigenvalue weighted by atomic mass is 10.1. The van der Waals surface area contributed by atoms with Crippen molar-refractivity contribution >= 4 is 9.84 Å². The maximum Gasteiger partial charge on any atom is 0.153 e. The molecule has 0 aromatic rings. The van der Waals surface area contributed by atoms with Gasteiger partial charge in [0.1, 0.15) is 0 Å². The molecular formula is C10H23NO2S. The summed E-state index contributed by atoms with van der Waals surface area (Å²) in [6.45, 7) is 10.3. The van der Waals surface area contributed by atoms with Crippen molar-refractivity contribution in [1.29, 1.82) is 0 Å². The predicted octanol–water partition coefficient (Wildman–Crippen LogP) is 1.44. The molecule has 3 nitrogen and oxygen atoms in total. The van der Waals surface area contributed by atoms with Crippen LogP contribution >= 0.6 is 0 Å². The van der Waals surface area contributed by atoms with Gasteiger partial charge in [0.15, 0.2) is 9.84 Å². The Morgan fingerprint density at radius 3 is 1.93 bits per heavy atom. The Labute approximate surface area is 88.2 Å². The highest BCUT2D eigenvalue weighted by Crippen LogP contribution is 2.14. The van der Waals surface area contributed by atoms with Gasteiger partial charge in [-0.15, -0.1) is 0 Å². The number of hydrogen-bond acceptors (Lipinski definition) is 3. The standard InChI is InChI=1S/C10H23NO2S/c1-8(2)9(3)11-7-10(4,5)14(6,12)13/h8-9,11H,7H2,1-6H3/t9-/m0/s1. The van der Waals surface area contributed by atoms with E-state index in [4.69, 9.17) is 0 Å². The van der Waals surface area contributed by atoms with Crippen LogP contribution in [0.2, 0.25) is 0 Å². The summed E-state index contributed by atoms with van der Waals surface area (Å²) in [6, 6.07) is 0.344. The molecule has 0 aliphatic rings. The Balaban J connectivity index is 4.27. The van der Waals surface area contributed by atoms with Crippen LogP contribution in [0.15, 0.2) is 0 Å². The Kier molecular flexibility index (Phi) is 4.59. The molecule has 0 saturated carbocycles. The fourth-order valence-electron chi connectivity index (χ4n) is 0.774. The Bertz CT molecular complexity index is 268. The van der Waals surface area contributed by atoms with Gasteiger partial charge < -0.3 is 5.32 Å². The van der Waals surface area contributed by atoms with Gasteiger partial charge in [-0.3, -0.25) is 0 Å². The second-order valence-electron chi connectivity index (χ2n) is 4.95. The highest BCUT2D eigenvalue weighted by atomic mass is 32.2. The fraction of sp³-hybridized carbons (Fsp3) is 1.00. The Hall–Kier alpha value is -0.0900. The number of rotatable bonds is 5. The highest BCUT2D eigenvalue weighted by Gasteiger charge is 2.30. The molecule has 4 heteroatoms. The SMILES string of the molecule is CC(C)[C@H](C)NCC(C)(C)S(C)(=O)=O. The lowest BCUT2D eigenvalue weighted by Gasteiger charge is -2.26. The van der Waals surface area contributed by atoms with Crippen LogP contribution in [0.3, 0.4) is 0 Å². The molecule has 0 unspecified atom stereocenters. The number of nitrogens with one attached hydrogen (secondary N) is 1. The van der Waals surface area contributed by atoms with E-state index in [1.54, 1.807) is 13.8 Å². The molecular weight excluding hydrogens is 198 g/mol. The van der Waals surface area contributed by atoms with Crippen molar-refractivity contribution in [2.75, 3.05) is 12.8 Å². The topological polar surface area (TPSA) is 46.2 Å². The highest BCUT2D eigenvalue weighted by molar-refractivity contribution is 7.92. The molecule has 0 aliphatic heterocycles. The van der Waals surface area contributed by atoms with Crippen LogP contribution in [0.1, 0.15) is 34.6 Å². The minimum Gasteiger partial charge on any atom is -0.312 e. The first-order chi connectivity index (χ1) is 6.08. The lowest BCUT2D eigenvalue weighted by Crippen LogP contribution is -2.45. The van der Waals surface area contributed by atoms with Crippen molar-refractivity contribution in [3.63, 3.8) is 0 Å². The third kappa shape index (κ3) is 3.96. The summed E-state index contributed by atoms with van der Waals surface area (Å²) in [4.78, 5) is 0. The first-order valence-corrected chi connectivity index (χ1v) is 6.90. The molecule has 0 aliphatic carbocycles. The van der Waals surface area contributed by atoms with Crippen molar-refractivity contribution in [2.45, 2.75) is 45.4 Å². The minimum absolute atomic E-state index is 0.344. The van der Waals surface area contributed by atoms with E-state index in [9.17, 15) is 8.42 Å². The van der Waals surface area contributed by atoms with E-state index in [0.717, 1.165) is 0 Å². The molecule has 0 spiro atoms. The largest absolute Gasteiger partial charge is 0.312 e. The monoisotopic (exact) mass is 221 g/mol. The average Bonchev–Trinajstić information content (AvgIpc) is 1.97. The van der Waals surface area contributed by atoms with E-state index < -0.39 is 14.6 Å². The van der Waals surface area contributed by atoms with Gasteiger partial charge in [-0.25, -0.2) is 8.42 Å². The molecule has 0 radical (unpaired) electrons. The third-order valence-electron chi connectivity index (χ3n) is 2.85. The normalized spacial score (nSPS) is 15.9. The molecule has 1 N–H and O–H groups in total. The zero-order valence-corrected chi connectivity index (χ0v) is 10.9. The van der Waals surface area contributed by atoms with Crippen LogP contribution in [0.5, 0.6) is 0 Å². The maximum atomic E-state index is 11.4. The Morgan fingerprint density at radius 2 is 1.64 bits per heavy atom. The number of sulfone groups is 1. The lowest BCUT2D eigenvalue weighted by molar-refractivity contribution is 0.404. The van der Waals surface area contributed by atoms with Crippen molar-refractivity contribution in [3.05, 3.63) is 0 Å². The smallest absolute Gasteiger partial charge is 0.153 e. The summed E-state index contributed by atoms with van der Waals surface area (Å²) in [7, 11) is -2.99. The molecule has 1 atom stereocenters. The molecule has 14 heavy (non-hydrogen) atoms. The first-order valence-electron chi connectivity index (χ1n) is 5.01. The molecule has 0 rings (SSSR count). The Morgan fingerprint density at radius 1 is 1.21 bits per heavy atom. The summed E-state index contributed by atoms with van der Waals surface area (Å²) in [6.07, 6.45) is 1.29. The molecule has 0 bridgehead atoms. The minimum atomic E-state index is -2.99. The quantitative estimate of drug-likeness (QED) is 0.764. The van der Waals surface area contributed by atoms with Crippen LogP contribution < -0.4 is 5.32 Å². The van der Waals surface area contributed by atoms with Crippen LogP contribution in [0, 0.1) is 5.92 Å². The van der Waals surface area contributed by atoms with Crippen LogP contribution in [0.25, 0.3) is 0 Å². The zero-order chi connectivity index (χ0) is 11.6. The molecule has 86 valence electrons. The molecule has 0 aromatic carbocycles. The van der Waals surface area contributed by atoms with Crippen molar-refractivity contribution in [3.8, 4) is 0 Å². The second-order valence-corrected chi connectivity index (χ2v) is 7.59. The van der Waals surface area contributed by atoms with Crippen molar-refractivity contribution < 1.29 is 8.42 Å². The summed E-state index contributed by atoms with van der Waals surface area (Å²) in [5.41, 5.74) is 0. The molecule has 0 aromatic heterocycles. The summed E-state index contributed by atoms with van der Waals surface area (Å²) in [5, 5.41) is 3.25. The van der Waals surface area contributed by atoms with Gasteiger partial charge in [-0.1, -0.05) is 13.8 Å². The van der Waals surface area contributed by atoms with E-state index in [1.807, 2.05) is 0 Å². The van der Waals surface area contributed by atoms with Gasteiger partial charge in [0.05, 0.1) is 4.75 Å². The van der Waals surface area contributed by atoms with E-state index in [-0.39, 0.29) is 0 Å². The molecule has 0 heterocycles. The van der Waals surface area contributed by atoms with E-state index in [0.29, 0.717) is 18.5 Å². The molecule has 0 saturated heterocycles. The predicted molar refractivity (Wildman–Crippen MR) is 61.2 cm³/mol. The van der Waals surface area contributed by atoms with E-state index >= 15 is 0 Å². The second kappa shape index (κ2) is 4.62. The van der Waals surface area contributed by atoms with E-state index in [2.05, 4.69) is 26.1 Å². The zero-order valence-electron chi connectivity index (χ0n) is 10.1. The maximum absolute atomic E-state index is 11.4. The van der Waals surface area contributed by atoms with Crippen LogP contribution in [-0.2, 0) is 9.84 Å². The number of hydrogen-bond donors (Lipinski definition) is 1. The summed E-state index contributed by atoms with van der Waals surface area (Å²) < 4.78 is 22.1. The van der Waals surface area contributed by atoms with Gasteiger partial charge >= 0.3 is 0 Å². The summed E-state index contributed by atoms with van der Waals surface area (Å²) >= 11 is 0. The average molecular weight is 221 g/mol. The third-order valence-corrected chi connectivity index (χ3v) is 5.01. The fourth-order valence-corrected chi connectivity index (χ4v) is 1.12. The van der Waals surface area contributed by atoms with Crippen LogP contribution in [-0.4, -0.2) is 32.0 Å². The summed E-state index contributed by atoms with van der Waals surface area (Å²) in [5.74, 6) is 0.519. The first kappa shape index (κ1) is 13.9. The molecule has 0 amide bonds. The van der Waals surface area contributed by atoms with Gasteiger partial charge in [-0.2, -0.15) is 0 Å². The van der Waals surface area contributed by atoms with Gasteiger partial charge in [-0.05, 0) is 26.7 Å². The van der Waals surface area contributed by atoms with Gasteiger partial charge in [0, 0.05) is 18.8 Å².